The van der Waals surface area contributed by atoms with Gasteiger partial charge in [-0.2, -0.15) is 0 Å². The van der Waals surface area contributed by atoms with E-state index >= 15 is 0 Å². The predicted molar refractivity (Wildman–Crippen MR) is 98.0 cm³/mol. The number of benzene rings is 2. The van der Waals surface area contributed by atoms with Crippen LogP contribution in [0.15, 0.2) is 54.6 Å². The Morgan fingerprint density at radius 1 is 1.04 bits per heavy atom. The molecule has 0 spiro atoms. The minimum absolute atomic E-state index is 0.128. The van der Waals surface area contributed by atoms with E-state index in [-0.39, 0.29) is 23.5 Å². The van der Waals surface area contributed by atoms with Gasteiger partial charge in [-0.3, -0.25) is 4.79 Å². The molecule has 4 nitrogen and oxygen atoms in total. The van der Waals surface area contributed by atoms with Gasteiger partial charge in [0.05, 0.1) is 11.6 Å². The van der Waals surface area contributed by atoms with Gasteiger partial charge in [0.2, 0.25) is 5.91 Å². The molecular formula is C20H26N2O2. The largest absolute Gasteiger partial charge is 0.486 e. The third-order valence-corrected chi connectivity index (χ3v) is 3.70. The normalized spacial score (nSPS) is 13.9. The number of carbonyl (C=O) groups excluding carboxylic acids is 1. The van der Waals surface area contributed by atoms with E-state index in [4.69, 9.17) is 10.5 Å². The SMILES string of the molecule is CC(C(=O)Nc1ccccc1OC(C)(C)C)C(N)c1ccccc1. The molecule has 3 N–H and O–H groups in total. The number of para-hydroxylation sites is 2. The van der Waals surface area contributed by atoms with Crippen LogP contribution in [-0.2, 0) is 4.79 Å². The van der Waals surface area contributed by atoms with E-state index in [1.807, 2.05) is 82.3 Å². The first kappa shape index (κ1) is 18.0. The van der Waals surface area contributed by atoms with Crippen LogP contribution < -0.4 is 15.8 Å². The molecule has 1 amide bonds. The van der Waals surface area contributed by atoms with Gasteiger partial charge in [-0.1, -0.05) is 49.4 Å². The topological polar surface area (TPSA) is 64.3 Å². The quantitative estimate of drug-likeness (QED) is 0.868. The minimum Gasteiger partial charge on any atom is -0.486 e. The van der Waals surface area contributed by atoms with Crippen LogP contribution in [0.4, 0.5) is 5.69 Å². The molecule has 0 radical (unpaired) electrons. The summed E-state index contributed by atoms with van der Waals surface area (Å²) in [4.78, 5) is 12.6. The molecule has 0 aliphatic carbocycles. The van der Waals surface area contributed by atoms with Gasteiger partial charge in [-0.05, 0) is 38.5 Å². The molecule has 0 aliphatic heterocycles. The number of rotatable bonds is 5. The fourth-order valence-electron chi connectivity index (χ4n) is 2.36. The van der Waals surface area contributed by atoms with Crippen molar-refractivity contribution in [3.63, 3.8) is 0 Å². The van der Waals surface area contributed by atoms with Gasteiger partial charge in [0.15, 0.2) is 0 Å². The Balaban J connectivity index is 2.12. The molecular weight excluding hydrogens is 300 g/mol. The van der Waals surface area contributed by atoms with Crippen LogP contribution in [0, 0.1) is 5.92 Å². The Hall–Kier alpha value is -2.33. The molecule has 2 unspecified atom stereocenters. The summed E-state index contributed by atoms with van der Waals surface area (Å²) >= 11 is 0. The van der Waals surface area contributed by atoms with E-state index in [0.29, 0.717) is 11.4 Å². The second-order valence-electron chi connectivity index (χ2n) is 6.92. The molecule has 0 saturated carbocycles. The van der Waals surface area contributed by atoms with Crippen LogP contribution >= 0.6 is 0 Å². The van der Waals surface area contributed by atoms with Crippen molar-refractivity contribution in [2.75, 3.05) is 5.32 Å². The molecule has 128 valence electrons. The minimum atomic E-state index is -0.366. The number of nitrogens with two attached hydrogens (primary N) is 1. The summed E-state index contributed by atoms with van der Waals surface area (Å²) in [6.07, 6.45) is 0. The number of nitrogens with one attached hydrogen (secondary N) is 1. The summed E-state index contributed by atoms with van der Waals surface area (Å²) < 4.78 is 5.91. The van der Waals surface area contributed by atoms with Gasteiger partial charge in [0.25, 0.3) is 0 Å². The third kappa shape index (κ3) is 4.83. The highest BCUT2D eigenvalue weighted by Crippen LogP contribution is 2.29. The first-order chi connectivity index (χ1) is 11.3. The lowest BCUT2D eigenvalue weighted by Crippen LogP contribution is -2.31. The molecule has 4 heteroatoms. The molecule has 0 aliphatic rings. The van der Waals surface area contributed by atoms with E-state index in [9.17, 15) is 4.79 Å². The van der Waals surface area contributed by atoms with Crippen molar-refractivity contribution in [1.82, 2.24) is 0 Å². The van der Waals surface area contributed by atoms with Crippen molar-refractivity contribution >= 4 is 11.6 Å². The molecule has 0 heterocycles. The number of ether oxygens (including phenoxy) is 1. The monoisotopic (exact) mass is 326 g/mol. The fourth-order valence-corrected chi connectivity index (χ4v) is 2.36. The highest BCUT2D eigenvalue weighted by molar-refractivity contribution is 5.94. The summed E-state index contributed by atoms with van der Waals surface area (Å²) in [5.74, 6) is 0.158. The summed E-state index contributed by atoms with van der Waals surface area (Å²) in [7, 11) is 0. The van der Waals surface area contributed by atoms with Crippen LogP contribution in [-0.4, -0.2) is 11.5 Å². The smallest absolute Gasteiger partial charge is 0.229 e. The molecule has 2 aromatic rings. The zero-order valence-corrected chi connectivity index (χ0v) is 14.7. The van der Waals surface area contributed by atoms with Crippen LogP contribution in [0.2, 0.25) is 0 Å². The standard InChI is InChI=1S/C20H26N2O2/c1-14(18(21)15-10-6-5-7-11-15)19(23)22-16-12-8-9-13-17(16)24-20(2,3)4/h5-14,18H,21H2,1-4H3,(H,22,23). The lowest BCUT2D eigenvalue weighted by atomic mass is 9.94. The second-order valence-corrected chi connectivity index (χ2v) is 6.92. The van der Waals surface area contributed by atoms with Crippen LogP contribution in [0.3, 0.4) is 0 Å². The molecule has 24 heavy (non-hydrogen) atoms. The van der Waals surface area contributed by atoms with Crippen molar-refractivity contribution in [3.8, 4) is 5.75 Å². The Morgan fingerprint density at radius 3 is 2.25 bits per heavy atom. The first-order valence-corrected chi connectivity index (χ1v) is 8.17. The van der Waals surface area contributed by atoms with Gasteiger partial charge in [-0.25, -0.2) is 0 Å². The zero-order chi connectivity index (χ0) is 17.7. The van der Waals surface area contributed by atoms with Crippen molar-refractivity contribution in [2.45, 2.75) is 39.3 Å². The van der Waals surface area contributed by atoms with Crippen molar-refractivity contribution in [2.24, 2.45) is 11.7 Å². The number of hydrogen-bond donors (Lipinski definition) is 2. The summed E-state index contributed by atoms with van der Waals surface area (Å²) in [6.45, 7) is 7.75. The van der Waals surface area contributed by atoms with E-state index in [1.54, 1.807) is 0 Å². The fraction of sp³-hybridized carbons (Fsp3) is 0.350. The zero-order valence-electron chi connectivity index (χ0n) is 14.7. The van der Waals surface area contributed by atoms with E-state index in [0.717, 1.165) is 5.56 Å². The van der Waals surface area contributed by atoms with Crippen LogP contribution in [0.25, 0.3) is 0 Å². The van der Waals surface area contributed by atoms with Crippen LogP contribution in [0.1, 0.15) is 39.3 Å². The summed E-state index contributed by atoms with van der Waals surface area (Å²) in [5, 5.41) is 2.94. The number of hydrogen-bond acceptors (Lipinski definition) is 3. The predicted octanol–water partition coefficient (Wildman–Crippen LogP) is 4.14. The Bertz CT molecular complexity index is 678. The maximum Gasteiger partial charge on any atom is 0.229 e. The highest BCUT2D eigenvalue weighted by Gasteiger charge is 2.23. The molecule has 0 aromatic heterocycles. The highest BCUT2D eigenvalue weighted by atomic mass is 16.5. The molecule has 0 fully saturated rings. The average Bonchev–Trinajstić information content (AvgIpc) is 2.54. The van der Waals surface area contributed by atoms with Crippen molar-refractivity contribution in [1.29, 1.82) is 0 Å². The number of amides is 1. The molecule has 2 rings (SSSR count). The van der Waals surface area contributed by atoms with Crippen molar-refractivity contribution in [3.05, 3.63) is 60.2 Å². The lowest BCUT2D eigenvalue weighted by Gasteiger charge is -2.24. The Labute approximate surface area is 144 Å². The van der Waals surface area contributed by atoms with Crippen molar-refractivity contribution < 1.29 is 9.53 Å². The molecule has 0 saturated heterocycles. The summed E-state index contributed by atoms with van der Waals surface area (Å²) in [6, 6.07) is 16.7. The van der Waals surface area contributed by atoms with Crippen LogP contribution in [0.5, 0.6) is 5.75 Å². The first-order valence-electron chi connectivity index (χ1n) is 8.17. The molecule has 2 aromatic carbocycles. The van der Waals surface area contributed by atoms with E-state index < -0.39 is 0 Å². The number of anilines is 1. The van der Waals surface area contributed by atoms with Gasteiger partial charge in [-0.15, -0.1) is 0 Å². The van der Waals surface area contributed by atoms with E-state index in [1.165, 1.54) is 0 Å². The molecule has 2 atom stereocenters. The van der Waals surface area contributed by atoms with E-state index in [2.05, 4.69) is 5.32 Å². The second kappa shape index (κ2) is 7.49. The maximum atomic E-state index is 12.6. The Morgan fingerprint density at radius 2 is 1.62 bits per heavy atom. The maximum absolute atomic E-state index is 12.6. The lowest BCUT2D eigenvalue weighted by molar-refractivity contribution is -0.120. The Kier molecular flexibility index (Phi) is 5.62. The number of carbonyl (C=O) groups is 1. The summed E-state index contributed by atoms with van der Waals surface area (Å²) in [5.41, 5.74) is 7.50. The average molecular weight is 326 g/mol. The van der Waals surface area contributed by atoms with Gasteiger partial charge < -0.3 is 15.8 Å². The molecule has 0 bridgehead atoms. The van der Waals surface area contributed by atoms with Gasteiger partial charge in [0.1, 0.15) is 11.4 Å². The third-order valence-electron chi connectivity index (χ3n) is 3.70. The van der Waals surface area contributed by atoms with Gasteiger partial charge >= 0.3 is 0 Å². The van der Waals surface area contributed by atoms with Gasteiger partial charge in [0, 0.05) is 6.04 Å².